The summed E-state index contributed by atoms with van der Waals surface area (Å²) < 4.78 is 0.234. The molecule has 0 spiro atoms. The zero-order chi connectivity index (χ0) is 18.0. The molecular formula is C17H11ClN2O3S2. The van der Waals surface area contributed by atoms with E-state index >= 15 is 0 Å². The Morgan fingerprint density at radius 1 is 1.16 bits per heavy atom. The third-order valence-electron chi connectivity index (χ3n) is 3.30. The van der Waals surface area contributed by atoms with Gasteiger partial charge in [-0.15, -0.1) is 0 Å². The maximum atomic E-state index is 12.5. The number of thiocarbonyl (C=S) groups is 1. The van der Waals surface area contributed by atoms with E-state index in [1.165, 1.54) is 24.3 Å². The summed E-state index contributed by atoms with van der Waals surface area (Å²) in [6, 6.07) is 12.7. The van der Waals surface area contributed by atoms with Gasteiger partial charge in [-0.2, -0.15) is 5.01 Å². The number of hydrazine groups is 1. The van der Waals surface area contributed by atoms with E-state index in [4.69, 9.17) is 23.8 Å². The van der Waals surface area contributed by atoms with Gasteiger partial charge in [-0.3, -0.25) is 15.0 Å². The molecule has 0 saturated carbocycles. The van der Waals surface area contributed by atoms with Gasteiger partial charge in [0.25, 0.3) is 11.8 Å². The Labute approximate surface area is 158 Å². The van der Waals surface area contributed by atoms with Crippen LogP contribution in [-0.2, 0) is 4.79 Å². The fourth-order valence-electron chi connectivity index (χ4n) is 2.05. The van der Waals surface area contributed by atoms with E-state index < -0.39 is 11.8 Å². The number of rotatable bonds is 3. The smallest absolute Gasteiger partial charge is 0.285 e. The van der Waals surface area contributed by atoms with E-state index in [1.54, 1.807) is 30.3 Å². The van der Waals surface area contributed by atoms with Crippen molar-refractivity contribution in [2.24, 2.45) is 0 Å². The van der Waals surface area contributed by atoms with Crippen LogP contribution in [0.4, 0.5) is 0 Å². The molecular weight excluding hydrogens is 380 g/mol. The van der Waals surface area contributed by atoms with Crippen LogP contribution in [0.3, 0.4) is 0 Å². The zero-order valence-electron chi connectivity index (χ0n) is 12.6. The van der Waals surface area contributed by atoms with Gasteiger partial charge < -0.3 is 5.11 Å². The quantitative estimate of drug-likeness (QED) is 0.619. The number of hydrogen-bond donors (Lipinski definition) is 2. The Morgan fingerprint density at radius 2 is 1.80 bits per heavy atom. The predicted molar refractivity (Wildman–Crippen MR) is 102 cm³/mol. The maximum Gasteiger partial charge on any atom is 0.285 e. The minimum Gasteiger partial charge on any atom is -0.508 e. The first-order chi connectivity index (χ1) is 11.9. The average molecular weight is 391 g/mol. The molecule has 0 bridgehead atoms. The molecule has 1 aliphatic rings. The van der Waals surface area contributed by atoms with E-state index in [-0.39, 0.29) is 10.1 Å². The van der Waals surface area contributed by atoms with Gasteiger partial charge in [-0.25, -0.2) is 0 Å². The molecule has 126 valence electrons. The van der Waals surface area contributed by atoms with E-state index in [9.17, 15) is 14.7 Å². The number of phenols is 1. The third-order valence-corrected chi connectivity index (χ3v) is 4.86. The molecule has 2 N–H and O–H groups in total. The number of aromatic hydroxyl groups is 1. The number of nitrogens with one attached hydrogen (secondary N) is 1. The highest BCUT2D eigenvalue weighted by atomic mass is 35.5. The van der Waals surface area contributed by atoms with Crippen molar-refractivity contribution in [1.29, 1.82) is 0 Å². The van der Waals surface area contributed by atoms with Crippen LogP contribution in [-0.4, -0.2) is 26.3 Å². The van der Waals surface area contributed by atoms with Gasteiger partial charge in [0.1, 0.15) is 5.75 Å². The number of benzene rings is 2. The van der Waals surface area contributed by atoms with E-state index in [2.05, 4.69) is 5.43 Å². The lowest BCUT2D eigenvalue weighted by atomic mass is 10.2. The van der Waals surface area contributed by atoms with Crippen molar-refractivity contribution in [2.45, 2.75) is 0 Å². The second-order valence-corrected chi connectivity index (χ2v) is 7.17. The van der Waals surface area contributed by atoms with Crippen molar-refractivity contribution in [1.82, 2.24) is 10.4 Å². The molecule has 0 unspecified atom stereocenters. The Morgan fingerprint density at radius 3 is 2.44 bits per heavy atom. The summed E-state index contributed by atoms with van der Waals surface area (Å²) in [7, 11) is 0. The van der Waals surface area contributed by atoms with Crippen LogP contribution in [0, 0.1) is 0 Å². The number of halogens is 1. The number of phenolic OH excluding ortho intramolecular Hbond substituents is 1. The molecule has 25 heavy (non-hydrogen) atoms. The molecule has 8 heteroatoms. The zero-order valence-corrected chi connectivity index (χ0v) is 15.0. The van der Waals surface area contributed by atoms with E-state index in [0.717, 1.165) is 22.3 Å². The largest absolute Gasteiger partial charge is 0.508 e. The highest BCUT2D eigenvalue weighted by Gasteiger charge is 2.33. The van der Waals surface area contributed by atoms with E-state index in [1.807, 2.05) is 0 Å². The van der Waals surface area contributed by atoms with Crippen LogP contribution < -0.4 is 5.43 Å². The van der Waals surface area contributed by atoms with Crippen molar-refractivity contribution in [2.75, 3.05) is 0 Å². The summed E-state index contributed by atoms with van der Waals surface area (Å²) in [5, 5.41) is 10.9. The summed E-state index contributed by atoms with van der Waals surface area (Å²) in [4.78, 5) is 25.1. The molecule has 2 aromatic carbocycles. The fourth-order valence-corrected chi connectivity index (χ4v) is 3.36. The molecule has 1 fully saturated rings. The van der Waals surface area contributed by atoms with Crippen LogP contribution in [0.5, 0.6) is 5.75 Å². The van der Waals surface area contributed by atoms with Crippen LogP contribution in [0.1, 0.15) is 15.9 Å². The summed E-state index contributed by atoms with van der Waals surface area (Å²) >= 11 is 12.1. The number of nitrogens with zero attached hydrogens (tertiary/aromatic N) is 1. The van der Waals surface area contributed by atoms with Crippen LogP contribution >= 0.6 is 35.6 Å². The SMILES string of the molecule is O=C(NN1C(=O)C(=Cc2ccc(Cl)cc2)SC1=S)c1ccc(O)cc1. The number of carbonyl (C=O) groups is 2. The molecule has 5 nitrogen and oxygen atoms in total. The minimum atomic E-state index is -0.496. The molecule has 0 aromatic heterocycles. The van der Waals surface area contributed by atoms with Crippen molar-refractivity contribution in [3.05, 3.63) is 69.6 Å². The van der Waals surface area contributed by atoms with Gasteiger partial charge >= 0.3 is 0 Å². The molecule has 0 atom stereocenters. The standard InChI is InChI=1S/C17H11ClN2O3S2/c18-12-5-1-10(2-6-12)9-14-16(23)20(17(24)25-14)19-15(22)11-3-7-13(21)8-4-11/h1-9,21H,(H,19,22). The van der Waals surface area contributed by atoms with E-state index in [0.29, 0.717) is 15.5 Å². The first-order valence-electron chi connectivity index (χ1n) is 7.07. The molecule has 2 amide bonds. The Kier molecular flexibility index (Phi) is 5.08. The lowest BCUT2D eigenvalue weighted by molar-refractivity contribution is -0.123. The van der Waals surface area contributed by atoms with Crippen LogP contribution in [0.15, 0.2) is 53.4 Å². The maximum absolute atomic E-state index is 12.5. The summed E-state index contributed by atoms with van der Waals surface area (Å²) in [6.45, 7) is 0. The Bertz CT molecular complexity index is 880. The first-order valence-corrected chi connectivity index (χ1v) is 8.68. The minimum absolute atomic E-state index is 0.0491. The van der Waals surface area contributed by atoms with Gasteiger partial charge in [-0.05, 0) is 60.3 Å². The van der Waals surface area contributed by atoms with Gasteiger partial charge in [0.15, 0.2) is 4.32 Å². The molecule has 1 aliphatic heterocycles. The number of amides is 2. The molecule has 2 aromatic rings. The Balaban J connectivity index is 1.76. The van der Waals surface area contributed by atoms with Gasteiger partial charge in [-0.1, -0.05) is 35.5 Å². The molecule has 1 heterocycles. The predicted octanol–water partition coefficient (Wildman–Crippen LogP) is 3.59. The third kappa shape index (κ3) is 4.01. The second kappa shape index (κ2) is 7.26. The average Bonchev–Trinajstić information content (AvgIpc) is 2.85. The van der Waals surface area contributed by atoms with Crippen molar-refractivity contribution in [3.8, 4) is 5.75 Å². The number of carbonyl (C=O) groups excluding carboxylic acids is 2. The second-order valence-electron chi connectivity index (χ2n) is 5.06. The monoisotopic (exact) mass is 390 g/mol. The van der Waals surface area contributed by atoms with Crippen LogP contribution in [0.25, 0.3) is 6.08 Å². The summed E-state index contributed by atoms with van der Waals surface area (Å²) in [5.41, 5.74) is 3.58. The molecule has 0 aliphatic carbocycles. The van der Waals surface area contributed by atoms with Gasteiger partial charge in [0.2, 0.25) is 0 Å². The summed E-state index contributed by atoms with van der Waals surface area (Å²) in [6.07, 6.45) is 1.68. The lowest BCUT2D eigenvalue weighted by Gasteiger charge is -2.15. The van der Waals surface area contributed by atoms with Crippen molar-refractivity contribution in [3.63, 3.8) is 0 Å². The summed E-state index contributed by atoms with van der Waals surface area (Å²) in [5.74, 6) is -0.853. The first kappa shape index (κ1) is 17.5. The molecule has 1 saturated heterocycles. The Hall–Kier alpha value is -2.35. The van der Waals surface area contributed by atoms with Gasteiger partial charge in [0.05, 0.1) is 4.91 Å². The molecule has 0 radical (unpaired) electrons. The highest BCUT2D eigenvalue weighted by molar-refractivity contribution is 8.26. The number of thioether (sulfide) groups is 1. The lowest BCUT2D eigenvalue weighted by Crippen LogP contribution is -2.44. The normalized spacial score (nSPS) is 15.7. The number of hydrogen-bond acceptors (Lipinski definition) is 5. The van der Waals surface area contributed by atoms with Gasteiger partial charge in [0, 0.05) is 10.6 Å². The fraction of sp³-hybridized carbons (Fsp3) is 0. The van der Waals surface area contributed by atoms with Crippen LogP contribution in [0.2, 0.25) is 5.02 Å². The highest BCUT2D eigenvalue weighted by Crippen LogP contribution is 2.31. The van der Waals surface area contributed by atoms with Crippen molar-refractivity contribution >= 4 is 57.8 Å². The van der Waals surface area contributed by atoms with Crippen molar-refractivity contribution < 1.29 is 14.7 Å². The topological polar surface area (TPSA) is 69.6 Å². The molecule has 3 rings (SSSR count).